The molecule has 2 aromatic rings. The molecule has 0 saturated carbocycles. The highest BCUT2D eigenvalue weighted by Crippen LogP contribution is 2.29. The summed E-state index contributed by atoms with van der Waals surface area (Å²) in [4.78, 5) is 29.5. The van der Waals surface area contributed by atoms with Crippen LogP contribution in [0.15, 0.2) is 53.9 Å². The number of hydrogen-bond donors (Lipinski definition) is 0. The second-order valence-corrected chi connectivity index (χ2v) is 5.64. The molecule has 0 fully saturated rings. The van der Waals surface area contributed by atoms with Gasteiger partial charge in [-0.15, -0.1) is 11.3 Å². The molecule has 1 aromatic heterocycles. The average molecular weight is 353 g/mol. The van der Waals surface area contributed by atoms with Crippen LogP contribution in [-0.4, -0.2) is 23.5 Å². The second kappa shape index (κ2) is 8.57. The smallest absolute Gasteiger partial charge is 0.349 e. The van der Waals surface area contributed by atoms with Crippen LogP contribution in [0.5, 0.6) is 0 Å². The molecule has 25 heavy (non-hydrogen) atoms. The molecule has 0 saturated heterocycles. The Hall–Kier alpha value is -3.24. The lowest BCUT2D eigenvalue weighted by molar-refractivity contribution is -0.137. The molecule has 0 N–H and O–H groups in total. The fourth-order valence-electron chi connectivity index (χ4n) is 1.95. The maximum Gasteiger partial charge on any atom is 0.349 e. The van der Waals surface area contributed by atoms with Crippen molar-refractivity contribution in [2.24, 2.45) is 0 Å². The first kappa shape index (κ1) is 18.1. The lowest BCUT2D eigenvalue weighted by atomic mass is 10.2. The summed E-state index contributed by atoms with van der Waals surface area (Å²) in [5.74, 6) is -0.939. The van der Waals surface area contributed by atoms with Gasteiger partial charge < -0.3 is 4.74 Å². The Morgan fingerprint density at radius 3 is 2.72 bits per heavy atom. The number of carbonyl (C=O) groups is 2. The van der Waals surface area contributed by atoms with E-state index in [4.69, 9.17) is 10.00 Å². The third-order valence-corrected chi connectivity index (χ3v) is 3.84. The van der Waals surface area contributed by atoms with Crippen LogP contribution >= 0.6 is 11.3 Å². The van der Waals surface area contributed by atoms with Crippen LogP contribution in [-0.2, 0) is 14.3 Å². The minimum Gasteiger partial charge on any atom is -0.457 e. The molecular formula is C18H15N3O3S. The summed E-state index contributed by atoms with van der Waals surface area (Å²) in [6.07, 6.45) is 2.74. The summed E-state index contributed by atoms with van der Waals surface area (Å²) < 4.78 is 4.84. The third kappa shape index (κ3) is 4.62. The van der Waals surface area contributed by atoms with Crippen LogP contribution in [0.1, 0.15) is 12.6 Å². The summed E-state index contributed by atoms with van der Waals surface area (Å²) in [6, 6.07) is 10.9. The maximum atomic E-state index is 12.0. The number of ether oxygens (including phenoxy) is 1. The molecule has 1 amide bonds. The van der Waals surface area contributed by atoms with Gasteiger partial charge in [-0.25, -0.2) is 9.78 Å². The topological polar surface area (TPSA) is 83.3 Å². The number of anilines is 2. The minimum absolute atomic E-state index is 0.0201. The Labute approximate surface area is 149 Å². The van der Waals surface area contributed by atoms with Gasteiger partial charge in [0.2, 0.25) is 5.91 Å². The number of rotatable bonds is 6. The van der Waals surface area contributed by atoms with E-state index in [1.807, 2.05) is 18.2 Å². The summed E-state index contributed by atoms with van der Waals surface area (Å²) >= 11 is 1.23. The van der Waals surface area contributed by atoms with Gasteiger partial charge in [-0.05, 0) is 18.2 Å². The molecule has 6 nitrogen and oxygen atoms in total. The van der Waals surface area contributed by atoms with Crippen LogP contribution < -0.4 is 4.90 Å². The van der Waals surface area contributed by atoms with Gasteiger partial charge in [0.05, 0.1) is 11.4 Å². The van der Waals surface area contributed by atoms with Crippen molar-refractivity contribution in [3.8, 4) is 6.07 Å². The molecule has 0 spiro atoms. The van der Waals surface area contributed by atoms with Gasteiger partial charge in [0, 0.05) is 12.3 Å². The Morgan fingerprint density at radius 1 is 1.40 bits per heavy atom. The van der Waals surface area contributed by atoms with E-state index >= 15 is 0 Å². The zero-order chi connectivity index (χ0) is 18.2. The molecular weight excluding hydrogens is 338 g/mol. The molecule has 0 aliphatic rings. The van der Waals surface area contributed by atoms with Gasteiger partial charge in [-0.2, -0.15) is 5.26 Å². The molecule has 126 valence electrons. The molecule has 7 heteroatoms. The molecule has 2 rings (SSSR count). The predicted octanol–water partition coefficient (Wildman–Crippen LogP) is 3.46. The lowest BCUT2D eigenvalue weighted by Gasteiger charge is -2.17. The Kier molecular flexibility index (Phi) is 6.20. The first-order chi connectivity index (χ1) is 12.1. The second-order valence-electron chi connectivity index (χ2n) is 4.80. The molecule has 0 aliphatic carbocycles. The highest BCUT2D eigenvalue weighted by molar-refractivity contribution is 7.14. The van der Waals surface area contributed by atoms with Gasteiger partial charge >= 0.3 is 5.97 Å². The van der Waals surface area contributed by atoms with Crippen LogP contribution in [0.3, 0.4) is 0 Å². The van der Waals surface area contributed by atoms with E-state index in [2.05, 4.69) is 11.6 Å². The van der Waals surface area contributed by atoms with E-state index < -0.39 is 5.97 Å². The largest absolute Gasteiger partial charge is 0.457 e. The molecule has 0 unspecified atom stereocenters. The Bertz CT molecular complexity index is 850. The standard InChI is InChI=1S/C18H15N3O3S/c1-3-9-24-17(23)14(11-19)10-15-12-25-18(20-15)21(13(2)22)16-7-5-4-6-8-16/h3-8,10,12H,1,9H2,2H3/b14-10-. The van der Waals surface area contributed by atoms with Gasteiger partial charge in [0.15, 0.2) is 5.13 Å². The summed E-state index contributed by atoms with van der Waals surface area (Å²) in [5.41, 5.74) is 0.910. The number of thiazole rings is 1. The number of nitrogens with zero attached hydrogens (tertiary/aromatic N) is 3. The zero-order valence-electron chi connectivity index (χ0n) is 13.5. The lowest BCUT2D eigenvalue weighted by Crippen LogP contribution is -2.22. The number of carbonyl (C=O) groups excluding carboxylic acids is 2. The van der Waals surface area contributed by atoms with E-state index in [1.54, 1.807) is 23.6 Å². The van der Waals surface area contributed by atoms with Gasteiger partial charge in [-0.3, -0.25) is 9.69 Å². The van der Waals surface area contributed by atoms with Crippen molar-refractivity contribution in [2.45, 2.75) is 6.92 Å². The van der Waals surface area contributed by atoms with Crippen molar-refractivity contribution in [2.75, 3.05) is 11.5 Å². The molecule has 0 radical (unpaired) electrons. The van der Waals surface area contributed by atoms with Crippen molar-refractivity contribution < 1.29 is 14.3 Å². The SMILES string of the molecule is C=CCOC(=O)/C(C#N)=C\c1csc(N(C(C)=O)c2ccccc2)n1. The van der Waals surface area contributed by atoms with Crippen LogP contribution in [0, 0.1) is 11.3 Å². The summed E-state index contributed by atoms with van der Waals surface area (Å²) in [7, 11) is 0. The van der Waals surface area contributed by atoms with Crippen LogP contribution in [0.25, 0.3) is 6.08 Å². The number of esters is 1. The van der Waals surface area contributed by atoms with Crippen molar-refractivity contribution >= 4 is 40.1 Å². The van der Waals surface area contributed by atoms with E-state index in [9.17, 15) is 9.59 Å². The molecule has 0 bridgehead atoms. The van der Waals surface area contributed by atoms with Gasteiger partial charge in [0.1, 0.15) is 18.2 Å². The Balaban J connectivity index is 2.30. The molecule has 0 atom stereocenters. The Morgan fingerprint density at radius 2 is 2.12 bits per heavy atom. The number of benzene rings is 1. The number of nitriles is 1. The summed E-state index contributed by atoms with van der Waals surface area (Å²) in [5, 5.41) is 11.2. The van der Waals surface area contributed by atoms with Crippen molar-refractivity contribution in [1.29, 1.82) is 5.26 Å². The van der Waals surface area contributed by atoms with E-state index in [0.717, 1.165) is 0 Å². The molecule has 1 heterocycles. The van der Waals surface area contributed by atoms with Crippen molar-refractivity contribution in [3.63, 3.8) is 0 Å². The zero-order valence-corrected chi connectivity index (χ0v) is 14.3. The monoisotopic (exact) mass is 353 g/mol. The molecule has 1 aromatic carbocycles. The first-order valence-electron chi connectivity index (χ1n) is 7.28. The number of para-hydroxylation sites is 1. The quantitative estimate of drug-likeness (QED) is 0.344. The number of aromatic nitrogens is 1. The van der Waals surface area contributed by atoms with Gasteiger partial charge in [0.25, 0.3) is 0 Å². The average Bonchev–Trinajstić information content (AvgIpc) is 3.06. The molecule has 0 aliphatic heterocycles. The first-order valence-corrected chi connectivity index (χ1v) is 8.16. The predicted molar refractivity (Wildman–Crippen MR) is 96.1 cm³/mol. The van der Waals surface area contributed by atoms with E-state index in [1.165, 1.54) is 35.3 Å². The van der Waals surface area contributed by atoms with E-state index in [0.29, 0.717) is 16.5 Å². The number of hydrogen-bond acceptors (Lipinski definition) is 6. The van der Waals surface area contributed by atoms with Crippen LogP contribution in [0.2, 0.25) is 0 Å². The highest BCUT2D eigenvalue weighted by Gasteiger charge is 2.18. The van der Waals surface area contributed by atoms with E-state index in [-0.39, 0.29) is 18.1 Å². The normalized spacial score (nSPS) is 10.6. The fourth-order valence-corrected chi connectivity index (χ4v) is 2.79. The van der Waals surface area contributed by atoms with Gasteiger partial charge in [-0.1, -0.05) is 30.9 Å². The fraction of sp³-hybridized carbons (Fsp3) is 0.111. The highest BCUT2D eigenvalue weighted by atomic mass is 32.1. The van der Waals surface area contributed by atoms with Crippen LogP contribution in [0.4, 0.5) is 10.8 Å². The number of amides is 1. The maximum absolute atomic E-state index is 12.0. The van der Waals surface area contributed by atoms with Crippen molar-refractivity contribution in [1.82, 2.24) is 4.98 Å². The third-order valence-electron chi connectivity index (χ3n) is 3.00. The van der Waals surface area contributed by atoms with Crippen molar-refractivity contribution in [3.05, 3.63) is 59.6 Å². The summed E-state index contributed by atoms with van der Waals surface area (Å²) in [6.45, 7) is 4.90. The minimum atomic E-state index is -0.747.